The number of hydrogen-bond acceptors (Lipinski definition) is 3. The molecule has 1 heterocycles. The minimum absolute atomic E-state index is 0.171. The Morgan fingerprint density at radius 3 is 2.69 bits per heavy atom. The van der Waals surface area contributed by atoms with Gasteiger partial charge in [0, 0.05) is 7.05 Å². The Morgan fingerprint density at radius 1 is 1.62 bits per heavy atom. The Labute approximate surface area is 76.5 Å². The number of aromatic nitrogens is 2. The van der Waals surface area contributed by atoms with E-state index >= 15 is 0 Å². The molecule has 0 unspecified atom stereocenters. The van der Waals surface area contributed by atoms with E-state index in [9.17, 15) is 10.1 Å². The molecular formula is C8H13N3O2. The second kappa shape index (κ2) is 3.55. The molecule has 0 spiro atoms. The Kier molecular flexibility index (Phi) is 2.65. The lowest BCUT2D eigenvalue weighted by molar-refractivity contribution is -0.386. The SMILES string of the molecule is CCCc1nn(C)c(C)c1[N+](=O)[O-]. The van der Waals surface area contributed by atoms with Crippen molar-refractivity contribution < 1.29 is 4.92 Å². The predicted octanol–water partition coefficient (Wildman–Crippen LogP) is 1.59. The lowest BCUT2D eigenvalue weighted by Gasteiger charge is -1.91. The summed E-state index contributed by atoms with van der Waals surface area (Å²) in [5.74, 6) is 0. The van der Waals surface area contributed by atoms with Gasteiger partial charge in [0.15, 0.2) is 0 Å². The van der Waals surface area contributed by atoms with E-state index in [4.69, 9.17) is 0 Å². The summed E-state index contributed by atoms with van der Waals surface area (Å²) in [6, 6.07) is 0. The van der Waals surface area contributed by atoms with Crippen LogP contribution in [0.2, 0.25) is 0 Å². The zero-order valence-corrected chi connectivity index (χ0v) is 8.07. The average Bonchev–Trinajstić information content (AvgIpc) is 2.28. The number of hydrogen-bond donors (Lipinski definition) is 0. The lowest BCUT2D eigenvalue weighted by atomic mass is 10.2. The quantitative estimate of drug-likeness (QED) is 0.528. The van der Waals surface area contributed by atoms with Gasteiger partial charge in [0.2, 0.25) is 0 Å². The topological polar surface area (TPSA) is 61.0 Å². The normalized spacial score (nSPS) is 10.4. The third-order valence-electron chi connectivity index (χ3n) is 2.04. The first-order chi connectivity index (χ1) is 6.07. The molecule has 0 atom stereocenters. The number of aryl methyl sites for hydroxylation is 2. The largest absolute Gasteiger partial charge is 0.313 e. The molecule has 0 bridgehead atoms. The van der Waals surface area contributed by atoms with Crippen LogP contribution in [0.3, 0.4) is 0 Å². The second-order valence-electron chi connectivity index (χ2n) is 3.01. The highest BCUT2D eigenvalue weighted by Crippen LogP contribution is 2.22. The molecule has 0 aliphatic heterocycles. The van der Waals surface area contributed by atoms with Crippen molar-refractivity contribution >= 4 is 5.69 Å². The van der Waals surface area contributed by atoms with Crippen molar-refractivity contribution in [1.82, 2.24) is 9.78 Å². The third kappa shape index (κ3) is 1.68. The van der Waals surface area contributed by atoms with Crippen LogP contribution in [0.1, 0.15) is 24.7 Å². The van der Waals surface area contributed by atoms with E-state index in [0.29, 0.717) is 17.8 Å². The van der Waals surface area contributed by atoms with Crippen molar-refractivity contribution in [2.75, 3.05) is 0 Å². The van der Waals surface area contributed by atoms with Crippen molar-refractivity contribution in [3.8, 4) is 0 Å². The van der Waals surface area contributed by atoms with E-state index in [1.165, 1.54) is 0 Å². The number of nitro groups is 1. The zero-order chi connectivity index (χ0) is 10.0. The molecule has 0 saturated heterocycles. The molecular weight excluding hydrogens is 170 g/mol. The summed E-state index contributed by atoms with van der Waals surface area (Å²) in [6.45, 7) is 3.69. The molecule has 0 aromatic carbocycles. The smallest absolute Gasteiger partial charge is 0.265 e. The van der Waals surface area contributed by atoms with E-state index in [-0.39, 0.29) is 10.6 Å². The predicted molar refractivity (Wildman–Crippen MR) is 48.6 cm³/mol. The van der Waals surface area contributed by atoms with Crippen LogP contribution < -0.4 is 0 Å². The van der Waals surface area contributed by atoms with Crippen LogP contribution in [0.4, 0.5) is 5.69 Å². The minimum Gasteiger partial charge on any atom is -0.265 e. The molecule has 0 radical (unpaired) electrons. The highest BCUT2D eigenvalue weighted by molar-refractivity contribution is 5.40. The van der Waals surface area contributed by atoms with Crippen LogP contribution >= 0.6 is 0 Å². The molecule has 0 aliphatic carbocycles. The molecule has 72 valence electrons. The average molecular weight is 183 g/mol. The lowest BCUT2D eigenvalue weighted by Crippen LogP contribution is -1.94. The molecule has 1 aromatic rings. The van der Waals surface area contributed by atoms with Gasteiger partial charge in [-0.05, 0) is 13.3 Å². The van der Waals surface area contributed by atoms with Gasteiger partial charge in [-0.25, -0.2) is 0 Å². The molecule has 1 aromatic heterocycles. The van der Waals surface area contributed by atoms with Gasteiger partial charge in [-0.2, -0.15) is 5.10 Å². The van der Waals surface area contributed by atoms with Crippen molar-refractivity contribution in [3.63, 3.8) is 0 Å². The molecule has 0 saturated carbocycles. The molecule has 0 N–H and O–H groups in total. The summed E-state index contributed by atoms with van der Waals surface area (Å²) < 4.78 is 1.56. The first-order valence-corrected chi connectivity index (χ1v) is 4.24. The monoisotopic (exact) mass is 183 g/mol. The van der Waals surface area contributed by atoms with Crippen LogP contribution in [0, 0.1) is 17.0 Å². The van der Waals surface area contributed by atoms with Gasteiger partial charge in [0.1, 0.15) is 11.4 Å². The minimum atomic E-state index is -0.354. The molecule has 0 aliphatic rings. The maximum atomic E-state index is 10.7. The van der Waals surface area contributed by atoms with Gasteiger partial charge in [0.25, 0.3) is 0 Å². The maximum absolute atomic E-state index is 10.7. The summed E-state index contributed by atoms with van der Waals surface area (Å²) in [4.78, 5) is 10.3. The fourth-order valence-corrected chi connectivity index (χ4v) is 1.31. The van der Waals surface area contributed by atoms with Crippen LogP contribution in [0.5, 0.6) is 0 Å². The van der Waals surface area contributed by atoms with E-state index in [1.807, 2.05) is 6.92 Å². The summed E-state index contributed by atoms with van der Waals surface area (Å²) >= 11 is 0. The first-order valence-electron chi connectivity index (χ1n) is 4.24. The maximum Gasteiger partial charge on any atom is 0.313 e. The van der Waals surface area contributed by atoms with Gasteiger partial charge in [-0.15, -0.1) is 0 Å². The van der Waals surface area contributed by atoms with E-state index < -0.39 is 0 Å². The summed E-state index contributed by atoms with van der Waals surface area (Å²) in [5, 5.41) is 14.8. The van der Waals surface area contributed by atoms with E-state index in [1.54, 1.807) is 18.7 Å². The van der Waals surface area contributed by atoms with Crippen molar-refractivity contribution in [3.05, 3.63) is 21.5 Å². The summed E-state index contributed by atoms with van der Waals surface area (Å²) in [5.41, 5.74) is 1.38. The fourth-order valence-electron chi connectivity index (χ4n) is 1.31. The highest BCUT2D eigenvalue weighted by atomic mass is 16.6. The Balaban J connectivity index is 3.18. The van der Waals surface area contributed by atoms with Gasteiger partial charge < -0.3 is 0 Å². The molecule has 1 rings (SSSR count). The van der Waals surface area contributed by atoms with Gasteiger partial charge in [-0.1, -0.05) is 13.3 Å². The van der Waals surface area contributed by atoms with Crippen LogP contribution in [0.25, 0.3) is 0 Å². The standard InChI is InChI=1S/C8H13N3O2/c1-4-5-7-8(11(12)13)6(2)10(3)9-7/h4-5H2,1-3H3. The Morgan fingerprint density at radius 2 is 2.23 bits per heavy atom. The van der Waals surface area contributed by atoms with Crippen LogP contribution in [-0.4, -0.2) is 14.7 Å². The number of nitrogens with zero attached hydrogens (tertiary/aromatic N) is 3. The van der Waals surface area contributed by atoms with Crippen molar-refractivity contribution in [2.45, 2.75) is 26.7 Å². The van der Waals surface area contributed by atoms with Gasteiger partial charge in [0.05, 0.1) is 4.92 Å². The van der Waals surface area contributed by atoms with Gasteiger partial charge >= 0.3 is 5.69 Å². The second-order valence-corrected chi connectivity index (χ2v) is 3.01. The van der Waals surface area contributed by atoms with Crippen LogP contribution in [-0.2, 0) is 13.5 Å². The van der Waals surface area contributed by atoms with E-state index in [0.717, 1.165) is 6.42 Å². The fraction of sp³-hybridized carbons (Fsp3) is 0.625. The summed E-state index contributed by atoms with van der Waals surface area (Å²) in [6.07, 6.45) is 1.54. The Bertz CT molecular complexity index is 330. The first kappa shape index (κ1) is 9.70. The van der Waals surface area contributed by atoms with Gasteiger partial charge in [-0.3, -0.25) is 14.8 Å². The van der Waals surface area contributed by atoms with Crippen molar-refractivity contribution in [1.29, 1.82) is 0 Å². The molecule has 0 amide bonds. The summed E-state index contributed by atoms with van der Waals surface area (Å²) in [7, 11) is 1.72. The zero-order valence-electron chi connectivity index (χ0n) is 8.07. The van der Waals surface area contributed by atoms with E-state index in [2.05, 4.69) is 5.10 Å². The molecule has 5 heteroatoms. The van der Waals surface area contributed by atoms with Crippen molar-refractivity contribution in [2.24, 2.45) is 7.05 Å². The Hall–Kier alpha value is -1.39. The molecule has 5 nitrogen and oxygen atoms in total. The highest BCUT2D eigenvalue weighted by Gasteiger charge is 2.22. The van der Waals surface area contributed by atoms with Crippen LogP contribution in [0.15, 0.2) is 0 Å². The number of rotatable bonds is 3. The molecule has 13 heavy (non-hydrogen) atoms. The molecule has 0 fully saturated rings. The third-order valence-corrected chi connectivity index (χ3v) is 2.04.